The molecule has 0 heterocycles. The lowest BCUT2D eigenvalue weighted by Crippen LogP contribution is -2.01. The van der Waals surface area contributed by atoms with Gasteiger partial charge < -0.3 is 0 Å². The van der Waals surface area contributed by atoms with E-state index in [1.807, 2.05) is 55.5 Å². The van der Waals surface area contributed by atoms with Crippen molar-refractivity contribution in [1.82, 2.24) is 0 Å². The summed E-state index contributed by atoms with van der Waals surface area (Å²) in [6, 6.07) is 18.1. The summed E-state index contributed by atoms with van der Waals surface area (Å²) in [7, 11) is 0. The minimum absolute atomic E-state index is 0.148. The van der Waals surface area contributed by atoms with Gasteiger partial charge in [0.2, 0.25) is 0 Å². The van der Waals surface area contributed by atoms with Crippen molar-refractivity contribution in [3.8, 4) is 6.07 Å². The molecule has 0 amide bonds. The summed E-state index contributed by atoms with van der Waals surface area (Å²) in [6.45, 7) is 2.04. The van der Waals surface area contributed by atoms with E-state index >= 15 is 0 Å². The fourth-order valence-electron chi connectivity index (χ4n) is 1.92. The van der Waals surface area contributed by atoms with Crippen LogP contribution >= 0.6 is 11.6 Å². The van der Waals surface area contributed by atoms with Crippen LogP contribution in [0.1, 0.15) is 22.6 Å². The van der Waals surface area contributed by atoms with Crippen LogP contribution in [0.5, 0.6) is 0 Å². The Labute approximate surface area is 113 Å². The van der Waals surface area contributed by atoms with Gasteiger partial charge in [0.1, 0.15) is 0 Å². The molecule has 2 aromatic rings. The SMILES string of the molecule is Cc1ccc(C(C#N)Cc2ccccc2Cl)cc1. The maximum atomic E-state index is 9.31. The minimum Gasteiger partial charge on any atom is -0.198 e. The molecule has 0 saturated carbocycles. The highest BCUT2D eigenvalue weighted by Crippen LogP contribution is 2.24. The maximum Gasteiger partial charge on any atom is 0.0753 e. The standard InChI is InChI=1S/C16H14ClN/c1-12-6-8-13(9-7-12)15(11-18)10-14-4-2-3-5-16(14)17/h2-9,15H,10H2,1H3. The summed E-state index contributed by atoms with van der Waals surface area (Å²) in [5.74, 6) is -0.148. The molecule has 2 aromatic carbocycles. The molecule has 0 aliphatic carbocycles. The lowest BCUT2D eigenvalue weighted by molar-refractivity contribution is 0.849. The van der Waals surface area contributed by atoms with E-state index in [4.69, 9.17) is 11.6 Å². The van der Waals surface area contributed by atoms with Crippen LogP contribution in [0.2, 0.25) is 5.02 Å². The molecule has 18 heavy (non-hydrogen) atoms. The third-order valence-corrected chi connectivity index (χ3v) is 3.39. The summed E-state index contributed by atoms with van der Waals surface area (Å²) in [4.78, 5) is 0. The number of aryl methyl sites for hydroxylation is 1. The quantitative estimate of drug-likeness (QED) is 0.792. The number of rotatable bonds is 3. The van der Waals surface area contributed by atoms with Crippen LogP contribution in [-0.2, 0) is 6.42 Å². The Hall–Kier alpha value is -1.78. The van der Waals surface area contributed by atoms with E-state index in [9.17, 15) is 5.26 Å². The highest BCUT2D eigenvalue weighted by molar-refractivity contribution is 6.31. The number of benzene rings is 2. The molecular formula is C16H14ClN. The molecule has 90 valence electrons. The zero-order chi connectivity index (χ0) is 13.0. The van der Waals surface area contributed by atoms with Crippen LogP contribution in [0.25, 0.3) is 0 Å². The van der Waals surface area contributed by atoms with Gasteiger partial charge in [-0.15, -0.1) is 0 Å². The van der Waals surface area contributed by atoms with Crippen LogP contribution in [0.3, 0.4) is 0 Å². The van der Waals surface area contributed by atoms with Crippen LogP contribution in [0.15, 0.2) is 48.5 Å². The van der Waals surface area contributed by atoms with E-state index in [1.54, 1.807) is 0 Å². The first-order chi connectivity index (χ1) is 8.70. The molecule has 0 aliphatic rings. The molecule has 0 fully saturated rings. The van der Waals surface area contributed by atoms with Crippen molar-refractivity contribution in [3.63, 3.8) is 0 Å². The van der Waals surface area contributed by atoms with Gasteiger partial charge in [0, 0.05) is 5.02 Å². The minimum atomic E-state index is -0.148. The zero-order valence-electron chi connectivity index (χ0n) is 10.2. The fraction of sp³-hybridized carbons (Fsp3) is 0.188. The van der Waals surface area contributed by atoms with Crippen molar-refractivity contribution in [1.29, 1.82) is 5.26 Å². The predicted octanol–water partition coefficient (Wildman–Crippen LogP) is 4.50. The highest BCUT2D eigenvalue weighted by atomic mass is 35.5. The van der Waals surface area contributed by atoms with Crippen LogP contribution in [0.4, 0.5) is 0 Å². The number of nitriles is 1. The molecule has 0 spiro atoms. The molecule has 0 saturated heterocycles. The second-order valence-corrected chi connectivity index (χ2v) is 4.80. The Balaban J connectivity index is 2.23. The van der Waals surface area contributed by atoms with Gasteiger partial charge in [-0.1, -0.05) is 59.6 Å². The molecule has 0 radical (unpaired) electrons. The summed E-state index contributed by atoms with van der Waals surface area (Å²) in [5, 5.41) is 10.0. The van der Waals surface area contributed by atoms with Crippen molar-refractivity contribution < 1.29 is 0 Å². The highest BCUT2D eigenvalue weighted by Gasteiger charge is 2.12. The van der Waals surface area contributed by atoms with E-state index in [2.05, 4.69) is 6.07 Å². The summed E-state index contributed by atoms with van der Waals surface area (Å²) in [6.07, 6.45) is 0.652. The molecule has 1 atom stereocenters. The van der Waals surface area contributed by atoms with Gasteiger partial charge >= 0.3 is 0 Å². The van der Waals surface area contributed by atoms with Gasteiger partial charge in [-0.25, -0.2) is 0 Å². The largest absolute Gasteiger partial charge is 0.198 e. The van der Waals surface area contributed by atoms with Crippen molar-refractivity contribution >= 4 is 11.6 Å². The Bertz CT molecular complexity index is 566. The second kappa shape index (κ2) is 5.71. The van der Waals surface area contributed by atoms with Gasteiger partial charge in [-0.2, -0.15) is 5.26 Å². The van der Waals surface area contributed by atoms with E-state index in [0.29, 0.717) is 6.42 Å². The lowest BCUT2D eigenvalue weighted by Gasteiger charge is -2.11. The molecule has 0 N–H and O–H groups in total. The molecule has 0 aliphatic heterocycles. The predicted molar refractivity (Wildman–Crippen MR) is 74.7 cm³/mol. The fourth-order valence-corrected chi connectivity index (χ4v) is 2.13. The van der Waals surface area contributed by atoms with Crippen molar-refractivity contribution in [2.45, 2.75) is 19.3 Å². The maximum absolute atomic E-state index is 9.31. The molecule has 1 unspecified atom stereocenters. The number of nitrogens with zero attached hydrogens (tertiary/aromatic N) is 1. The second-order valence-electron chi connectivity index (χ2n) is 4.39. The van der Waals surface area contributed by atoms with Crippen molar-refractivity contribution in [3.05, 3.63) is 70.2 Å². The van der Waals surface area contributed by atoms with Gasteiger partial charge in [0.25, 0.3) is 0 Å². The van der Waals surface area contributed by atoms with Crippen LogP contribution in [-0.4, -0.2) is 0 Å². The Morgan fingerprint density at radius 1 is 1.11 bits per heavy atom. The summed E-state index contributed by atoms with van der Waals surface area (Å²) in [5.41, 5.74) is 3.27. The average Bonchev–Trinajstić information content (AvgIpc) is 2.39. The molecule has 1 nitrogen and oxygen atoms in total. The first-order valence-electron chi connectivity index (χ1n) is 5.90. The molecule has 0 bridgehead atoms. The summed E-state index contributed by atoms with van der Waals surface area (Å²) < 4.78 is 0. The van der Waals surface area contributed by atoms with Gasteiger partial charge in [0.15, 0.2) is 0 Å². The lowest BCUT2D eigenvalue weighted by atomic mass is 9.93. The Kier molecular flexibility index (Phi) is 4.02. The van der Waals surface area contributed by atoms with Gasteiger partial charge in [0.05, 0.1) is 12.0 Å². The molecule has 2 rings (SSSR count). The first-order valence-corrected chi connectivity index (χ1v) is 6.28. The number of hydrogen-bond donors (Lipinski definition) is 0. The van der Waals surface area contributed by atoms with Crippen molar-refractivity contribution in [2.24, 2.45) is 0 Å². The normalized spacial score (nSPS) is 11.8. The van der Waals surface area contributed by atoms with E-state index < -0.39 is 0 Å². The third kappa shape index (κ3) is 2.91. The molecular weight excluding hydrogens is 242 g/mol. The smallest absolute Gasteiger partial charge is 0.0753 e. The zero-order valence-corrected chi connectivity index (χ0v) is 11.0. The van der Waals surface area contributed by atoms with Gasteiger partial charge in [-0.3, -0.25) is 0 Å². The topological polar surface area (TPSA) is 23.8 Å². The van der Waals surface area contributed by atoms with Crippen LogP contribution in [0, 0.1) is 18.3 Å². The number of halogens is 1. The third-order valence-electron chi connectivity index (χ3n) is 3.02. The summed E-state index contributed by atoms with van der Waals surface area (Å²) >= 11 is 6.13. The monoisotopic (exact) mass is 255 g/mol. The first kappa shape index (κ1) is 12.7. The van der Waals surface area contributed by atoms with E-state index in [-0.39, 0.29) is 5.92 Å². The average molecular weight is 256 g/mol. The van der Waals surface area contributed by atoms with Gasteiger partial charge in [-0.05, 0) is 30.5 Å². The van der Waals surface area contributed by atoms with E-state index in [0.717, 1.165) is 16.1 Å². The Morgan fingerprint density at radius 2 is 1.78 bits per heavy atom. The Morgan fingerprint density at radius 3 is 2.39 bits per heavy atom. The molecule has 0 aromatic heterocycles. The van der Waals surface area contributed by atoms with Crippen molar-refractivity contribution in [2.75, 3.05) is 0 Å². The van der Waals surface area contributed by atoms with Crippen LogP contribution < -0.4 is 0 Å². The van der Waals surface area contributed by atoms with E-state index in [1.165, 1.54) is 5.56 Å². The molecule has 2 heteroatoms. The number of hydrogen-bond acceptors (Lipinski definition) is 1.